The van der Waals surface area contributed by atoms with Gasteiger partial charge in [-0.3, -0.25) is 4.99 Å². The Morgan fingerprint density at radius 3 is 2.58 bits per heavy atom. The molecule has 2 rings (SSSR count). The standard InChI is InChI=1S/C15H16BrF3N4OS.HI/c1-20-14(21-6-9-5-10(16)3-4-11(9)24-2)22-7-13-23-12(8-25-13)15(17,18)19;/h3-5,8H,6-7H2,1-2H3,(H2,20,21,22);1H. The second kappa shape index (κ2) is 10.3. The number of rotatable bonds is 5. The number of hydrogen-bond donors (Lipinski definition) is 2. The van der Waals surface area contributed by atoms with Crippen LogP contribution in [0, 0.1) is 0 Å². The Bertz CT molecular complexity index is 755. The molecule has 0 amide bonds. The summed E-state index contributed by atoms with van der Waals surface area (Å²) < 4.78 is 43.9. The lowest BCUT2D eigenvalue weighted by Gasteiger charge is -2.13. The van der Waals surface area contributed by atoms with Crippen molar-refractivity contribution in [2.45, 2.75) is 19.3 Å². The maximum absolute atomic E-state index is 12.6. The zero-order chi connectivity index (χ0) is 18.4. The maximum atomic E-state index is 12.6. The zero-order valence-corrected chi connectivity index (χ0v) is 18.6. The molecule has 0 saturated carbocycles. The number of methoxy groups -OCH3 is 1. The first-order valence-electron chi connectivity index (χ1n) is 7.12. The summed E-state index contributed by atoms with van der Waals surface area (Å²) in [5.74, 6) is 1.17. The third-order valence-electron chi connectivity index (χ3n) is 3.16. The van der Waals surface area contributed by atoms with Crippen molar-refractivity contribution < 1.29 is 17.9 Å². The Labute approximate surface area is 178 Å². The minimum atomic E-state index is -4.42. The number of aromatic nitrogens is 1. The van der Waals surface area contributed by atoms with Gasteiger partial charge >= 0.3 is 6.18 Å². The van der Waals surface area contributed by atoms with Crippen molar-refractivity contribution in [2.75, 3.05) is 14.2 Å². The smallest absolute Gasteiger partial charge is 0.434 e. The van der Waals surface area contributed by atoms with Gasteiger partial charge < -0.3 is 15.4 Å². The summed E-state index contributed by atoms with van der Waals surface area (Å²) >= 11 is 4.35. The van der Waals surface area contributed by atoms with Crippen LogP contribution in [0.4, 0.5) is 13.2 Å². The number of nitrogens with zero attached hydrogens (tertiary/aromatic N) is 2. The van der Waals surface area contributed by atoms with E-state index in [0.717, 1.165) is 32.5 Å². The summed E-state index contributed by atoms with van der Waals surface area (Å²) in [7, 11) is 3.16. The van der Waals surface area contributed by atoms with Gasteiger partial charge in [-0.25, -0.2) is 4.98 Å². The fourth-order valence-electron chi connectivity index (χ4n) is 1.97. The van der Waals surface area contributed by atoms with E-state index < -0.39 is 11.9 Å². The van der Waals surface area contributed by atoms with Gasteiger partial charge in [0.15, 0.2) is 11.7 Å². The summed E-state index contributed by atoms with van der Waals surface area (Å²) in [4.78, 5) is 7.62. The topological polar surface area (TPSA) is 58.5 Å². The molecule has 1 aromatic carbocycles. The van der Waals surface area contributed by atoms with Gasteiger partial charge in [0.1, 0.15) is 10.8 Å². The van der Waals surface area contributed by atoms with E-state index in [1.165, 1.54) is 0 Å². The Balaban J connectivity index is 0.00000338. The van der Waals surface area contributed by atoms with E-state index in [0.29, 0.717) is 17.5 Å². The molecule has 0 aliphatic heterocycles. The summed E-state index contributed by atoms with van der Waals surface area (Å²) in [5, 5.41) is 7.36. The largest absolute Gasteiger partial charge is 0.496 e. The molecule has 0 saturated heterocycles. The molecule has 0 aliphatic rings. The second-order valence-corrected chi connectivity index (χ2v) is 6.72. The van der Waals surface area contributed by atoms with Crippen LogP contribution in [0.1, 0.15) is 16.3 Å². The minimum absolute atomic E-state index is 0. The molecule has 0 radical (unpaired) electrons. The van der Waals surface area contributed by atoms with Crippen LogP contribution in [0.2, 0.25) is 0 Å². The number of guanidine groups is 1. The molecule has 1 aromatic heterocycles. The zero-order valence-electron chi connectivity index (χ0n) is 13.9. The number of ether oxygens (including phenoxy) is 1. The van der Waals surface area contributed by atoms with Crippen molar-refractivity contribution in [3.8, 4) is 5.75 Å². The van der Waals surface area contributed by atoms with Crippen LogP contribution in [0.5, 0.6) is 5.75 Å². The fourth-order valence-corrected chi connectivity index (χ4v) is 3.12. The molecule has 2 aromatic rings. The van der Waals surface area contributed by atoms with E-state index >= 15 is 0 Å². The Morgan fingerprint density at radius 2 is 2.00 bits per heavy atom. The lowest BCUT2D eigenvalue weighted by atomic mass is 10.2. The molecular formula is C15H17BrF3IN4OS. The van der Waals surface area contributed by atoms with Crippen molar-refractivity contribution in [1.82, 2.24) is 15.6 Å². The SMILES string of the molecule is CN=C(NCc1nc(C(F)(F)F)cs1)NCc1cc(Br)ccc1OC.I. The molecular weight excluding hydrogens is 548 g/mol. The molecule has 0 spiro atoms. The summed E-state index contributed by atoms with van der Waals surface area (Å²) in [6.45, 7) is 0.587. The lowest BCUT2D eigenvalue weighted by molar-refractivity contribution is -0.140. The third-order valence-corrected chi connectivity index (χ3v) is 4.50. The van der Waals surface area contributed by atoms with Gasteiger partial charge in [0.2, 0.25) is 0 Å². The summed E-state index contributed by atoms with van der Waals surface area (Å²) in [5.41, 5.74) is 0.0320. The average Bonchev–Trinajstić information content (AvgIpc) is 3.04. The highest BCUT2D eigenvalue weighted by Crippen LogP contribution is 2.29. The van der Waals surface area contributed by atoms with Gasteiger partial charge in [0, 0.05) is 29.0 Å². The van der Waals surface area contributed by atoms with Crippen LogP contribution < -0.4 is 15.4 Å². The molecule has 0 atom stereocenters. The molecule has 1 heterocycles. The van der Waals surface area contributed by atoms with Crippen molar-refractivity contribution in [2.24, 2.45) is 4.99 Å². The van der Waals surface area contributed by atoms with E-state index in [4.69, 9.17) is 4.74 Å². The number of hydrogen-bond acceptors (Lipinski definition) is 4. The number of aliphatic imine (C=N–C) groups is 1. The number of nitrogens with one attached hydrogen (secondary N) is 2. The van der Waals surface area contributed by atoms with Crippen LogP contribution >= 0.6 is 51.2 Å². The van der Waals surface area contributed by atoms with Crippen LogP contribution in [-0.4, -0.2) is 25.1 Å². The first kappa shape index (κ1) is 23.0. The number of thiazole rings is 1. The predicted molar refractivity (Wildman–Crippen MR) is 110 cm³/mol. The molecule has 0 aliphatic carbocycles. The van der Waals surface area contributed by atoms with E-state index in [2.05, 4.69) is 36.5 Å². The first-order chi connectivity index (χ1) is 11.8. The normalized spacial score (nSPS) is 11.7. The van der Waals surface area contributed by atoms with Gasteiger partial charge in [-0.15, -0.1) is 35.3 Å². The molecule has 144 valence electrons. The van der Waals surface area contributed by atoms with Gasteiger partial charge in [-0.05, 0) is 18.2 Å². The molecule has 0 bridgehead atoms. The third kappa shape index (κ3) is 6.58. The van der Waals surface area contributed by atoms with Crippen LogP contribution in [0.25, 0.3) is 0 Å². The highest BCUT2D eigenvalue weighted by Gasteiger charge is 2.33. The second-order valence-electron chi connectivity index (χ2n) is 4.86. The van der Waals surface area contributed by atoms with E-state index in [1.54, 1.807) is 14.2 Å². The van der Waals surface area contributed by atoms with Gasteiger partial charge in [0.25, 0.3) is 0 Å². The van der Waals surface area contributed by atoms with Crippen molar-refractivity contribution in [3.05, 3.63) is 44.3 Å². The number of alkyl halides is 3. The highest BCUT2D eigenvalue weighted by molar-refractivity contribution is 14.0. The first-order valence-corrected chi connectivity index (χ1v) is 8.79. The Morgan fingerprint density at radius 1 is 1.31 bits per heavy atom. The van der Waals surface area contributed by atoms with Gasteiger partial charge in [0.05, 0.1) is 13.7 Å². The Kier molecular flexibility index (Phi) is 9.10. The van der Waals surface area contributed by atoms with Gasteiger partial charge in [-0.1, -0.05) is 15.9 Å². The van der Waals surface area contributed by atoms with Crippen molar-refractivity contribution >= 4 is 57.2 Å². The predicted octanol–water partition coefficient (Wildman–Crippen LogP) is 4.42. The highest BCUT2D eigenvalue weighted by atomic mass is 127. The van der Waals surface area contributed by atoms with Crippen LogP contribution in [-0.2, 0) is 19.3 Å². The molecule has 0 unspecified atom stereocenters. The van der Waals surface area contributed by atoms with Gasteiger partial charge in [-0.2, -0.15) is 13.2 Å². The van der Waals surface area contributed by atoms with E-state index in [-0.39, 0.29) is 30.5 Å². The maximum Gasteiger partial charge on any atom is 0.434 e. The molecule has 5 nitrogen and oxygen atoms in total. The lowest BCUT2D eigenvalue weighted by Crippen LogP contribution is -2.36. The molecule has 2 N–H and O–H groups in total. The monoisotopic (exact) mass is 564 g/mol. The number of halogens is 5. The fraction of sp³-hybridized carbons (Fsp3) is 0.333. The molecule has 26 heavy (non-hydrogen) atoms. The van der Waals surface area contributed by atoms with E-state index in [9.17, 15) is 13.2 Å². The minimum Gasteiger partial charge on any atom is -0.496 e. The Hall–Kier alpha value is -1.08. The quantitative estimate of drug-likeness (QED) is 0.321. The molecule has 0 fully saturated rings. The van der Waals surface area contributed by atoms with E-state index in [1.807, 2.05) is 18.2 Å². The summed E-state index contributed by atoms with van der Waals surface area (Å²) in [6.07, 6.45) is -4.42. The number of benzene rings is 1. The average molecular weight is 565 g/mol. The molecule has 11 heteroatoms. The van der Waals surface area contributed by atoms with Crippen molar-refractivity contribution in [3.63, 3.8) is 0 Å². The van der Waals surface area contributed by atoms with Crippen molar-refractivity contribution in [1.29, 1.82) is 0 Å². The van der Waals surface area contributed by atoms with Crippen LogP contribution in [0.3, 0.4) is 0 Å². The van der Waals surface area contributed by atoms with Crippen LogP contribution in [0.15, 0.2) is 33.0 Å². The summed E-state index contributed by atoms with van der Waals surface area (Å²) in [6, 6.07) is 5.62.